The summed E-state index contributed by atoms with van der Waals surface area (Å²) in [5, 5.41) is 5.48. The molecule has 0 aliphatic rings. The third-order valence-corrected chi connectivity index (χ3v) is 6.03. The maximum absolute atomic E-state index is 13.0. The summed E-state index contributed by atoms with van der Waals surface area (Å²) < 4.78 is 39.6. The fourth-order valence-electron chi connectivity index (χ4n) is 2.89. The summed E-state index contributed by atoms with van der Waals surface area (Å²) in [6, 6.07) is 17.7. The lowest BCUT2D eigenvalue weighted by Gasteiger charge is -2.10. The Morgan fingerprint density at radius 2 is 1.55 bits per heavy atom. The maximum atomic E-state index is 13.0. The van der Waals surface area contributed by atoms with Crippen molar-refractivity contribution in [3.05, 3.63) is 108 Å². The van der Waals surface area contributed by atoms with Crippen LogP contribution in [0.2, 0.25) is 0 Å². The van der Waals surface area contributed by atoms with E-state index in [4.69, 9.17) is 0 Å². The van der Waals surface area contributed by atoms with E-state index in [9.17, 15) is 22.4 Å². The Morgan fingerprint density at radius 1 is 0.909 bits per heavy atom. The summed E-state index contributed by atoms with van der Waals surface area (Å²) in [7, 11) is -3.66. The lowest BCUT2D eigenvalue weighted by atomic mass is 10.1. The second-order valence-corrected chi connectivity index (χ2v) is 8.78. The van der Waals surface area contributed by atoms with Crippen molar-refractivity contribution >= 4 is 27.5 Å². The van der Waals surface area contributed by atoms with Gasteiger partial charge in [-0.3, -0.25) is 9.59 Å². The summed E-state index contributed by atoms with van der Waals surface area (Å²) in [6.45, 7) is 3.76. The first-order valence-electron chi connectivity index (χ1n) is 9.93. The first kappa shape index (κ1) is 23.8. The molecule has 0 aromatic heterocycles. The van der Waals surface area contributed by atoms with E-state index < -0.39 is 15.8 Å². The van der Waals surface area contributed by atoms with Gasteiger partial charge in [0.1, 0.15) is 5.82 Å². The molecule has 9 heteroatoms. The van der Waals surface area contributed by atoms with Gasteiger partial charge in [0.2, 0.25) is 10.0 Å². The first-order valence-corrected chi connectivity index (χ1v) is 11.4. The molecule has 0 spiro atoms. The molecule has 7 nitrogen and oxygen atoms in total. The summed E-state index contributed by atoms with van der Waals surface area (Å²) >= 11 is 0. The molecule has 0 heterocycles. The fourth-order valence-corrected chi connectivity index (χ4v) is 3.88. The van der Waals surface area contributed by atoms with E-state index >= 15 is 0 Å². The van der Waals surface area contributed by atoms with Gasteiger partial charge in [-0.25, -0.2) is 17.5 Å². The highest BCUT2D eigenvalue weighted by molar-refractivity contribution is 7.89. The van der Waals surface area contributed by atoms with Gasteiger partial charge in [0.05, 0.1) is 4.90 Å². The summed E-state index contributed by atoms with van der Waals surface area (Å²) in [5.74, 6) is -1.18. The standard InChI is InChI=1S/C24H22FN3O4S/c1-2-14-27-33(31,32)22-12-8-18(9-13-22)23(29)26-16-17-4-3-5-21(15-17)28-24(30)19-6-10-20(25)11-7-19/h2-13,15,27H,1,14,16H2,(H,26,29)(H,28,30). The molecular formula is C24H22FN3O4S. The van der Waals surface area contributed by atoms with Gasteiger partial charge >= 0.3 is 0 Å². The van der Waals surface area contributed by atoms with E-state index in [0.29, 0.717) is 16.8 Å². The minimum atomic E-state index is -3.66. The minimum absolute atomic E-state index is 0.0468. The second kappa shape index (κ2) is 10.7. The molecule has 0 saturated carbocycles. The van der Waals surface area contributed by atoms with Crippen LogP contribution < -0.4 is 15.4 Å². The van der Waals surface area contributed by atoms with Crippen molar-refractivity contribution in [2.75, 3.05) is 11.9 Å². The Bertz CT molecular complexity index is 1260. The molecule has 0 fully saturated rings. The molecule has 0 atom stereocenters. The van der Waals surface area contributed by atoms with Gasteiger partial charge in [0.15, 0.2) is 0 Å². The van der Waals surface area contributed by atoms with Gasteiger partial charge in [0, 0.05) is 29.9 Å². The topological polar surface area (TPSA) is 104 Å². The van der Waals surface area contributed by atoms with E-state index in [-0.39, 0.29) is 29.8 Å². The molecule has 33 heavy (non-hydrogen) atoms. The van der Waals surface area contributed by atoms with Crippen LogP contribution in [-0.4, -0.2) is 26.8 Å². The van der Waals surface area contributed by atoms with E-state index in [1.807, 2.05) is 0 Å². The number of hydrogen-bond donors (Lipinski definition) is 3. The Kier molecular flexibility index (Phi) is 7.70. The number of benzene rings is 3. The van der Waals surface area contributed by atoms with Crippen molar-refractivity contribution in [2.45, 2.75) is 11.4 Å². The van der Waals surface area contributed by atoms with Crippen molar-refractivity contribution in [2.24, 2.45) is 0 Å². The normalized spacial score (nSPS) is 10.9. The molecular weight excluding hydrogens is 445 g/mol. The van der Waals surface area contributed by atoms with E-state index in [1.54, 1.807) is 24.3 Å². The van der Waals surface area contributed by atoms with Gasteiger partial charge in [-0.15, -0.1) is 6.58 Å². The second-order valence-electron chi connectivity index (χ2n) is 7.01. The van der Waals surface area contributed by atoms with Crippen LogP contribution in [0, 0.1) is 5.82 Å². The Labute approximate surface area is 191 Å². The third kappa shape index (κ3) is 6.58. The quantitative estimate of drug-likeness (QED) is 0.419. The van der Waals surface area contributed by atoms with E-state index in [1.165, 1.54) is 54.6 Å². The first-order chi connectivity index (χ1) is 15.8. The third-order valence-electron chi connectivity index (χ3n) is 4.59. The number of amides is 2. The lowest BCUT2D eigenvalue weighted by molar-refractivity contribution is 0.0949. The minimum Gasteiger partial charge on any atom is -0.348 e. The Hall–Kier alpha value is -3.82. The molecule has 2 amide bonds. The summed E-state index contributed by atoms with van der Waals surface area (Å²) in [4.78, 5) is 24.8. The summed E-state index contributed by atoms with van der Waals surface area (Å²) in [6.07, 6.45) is 1.43. The molecule has 0 aliphatic heterocycles. The molecule has 170 valence electrons. The molecule has 0 saturated heterocycles. The Balaban J connectivity index is 1.59. The number of rotatable bonds is 9. The van der Waals surface area contributed by atoms with Gasteiger partial charge in [-0.2, -0.15) is 0 Å². The van der Waals surface area contributed by atoms with Gasteiger partial charge in [0.25, 0.3) is 11.8 Å². The molecule has 3 N–H and O–H groups in total. The predicted molar refractivity (Wildman–Crippen MR) is 124 cm³/mol. The predicted octanol–water partition coefficient (Wildman–Crippen LogP) is 3.47. The van der Waals surface area contributed by atoms with Crippen LogP contribution >= 0.6 is 0 Å². The fraction of sp³-hybridized carbons (Fsp3) is 0.0833. The highest BCUT2D eigenvalue weighted by Crippen LogP contribution is 2.14. The number of hydrogen-bond acceptors (Lipinski definition) is 4. The Morgan fingerprint density at radius 3 is 2.21 bits per heavy atom. The largest absolute Gasteiger partial charge is 0.348 e. The number of halogens is 1. The molecule has 0 bridgehead atoms. The van der Waals surface area contributed by atoms with Crippen LogP contribution in [0.1, 0.15) is 26.3 Å². The van der Waals surface area contributed by atoms with E-state index in [2.05, 4.69) is 21.9 Å². The zero-order chi connectivity index (χ0) is 23.8. The van der Waals surface area contributed by atoms with Crippen molar-refractivity contribution in [3.63, 3.8) is 0 Å². The number of carbonyl (C=O) groups is 2. The number of sulfonamides is 1. The van der Waals surface area contributed by atoms with Crippen LogP contribution in [0.5, 0.6) is 0 Å². The zero-order valence-electron chi connectivity index (χ0n) is 17.5. The SMILES string of the molecule is C=CCNS(=O)(=O)c1ccc(C(=O)NCc2cccc(NC(=O)c3ccc(F)cc3)c2)cc1. The highest BCUT2D eigenvalue weighted by Gasteiger charge is 2.14. The van der Waals surface area contributed by atoms with Crippen molar-refractivity contribution in [1.82, 2.24) is 10.0 Å². The number of nitrogens with one attached hydrogen (secondary N) is 3. The lowest BCUT2D eigenvalue weighted by Crippen LogP contribution is -2.25. The molecule has 0 aliphatic carbocycles. The average Bonchev–Trinajstić information content (AvgIpc) is 2.82. The van der Waals surface area contributed by atoms with Crippen LogP contribution in [0.3, 0.4) is 0 Å². The number of carbonyl (C=O) groups excluding carboxylic acids is 2. The molecule has 3 aromatic rings. The number of anilines is 1. The van der Waals surface area contributed by atoms with Crippen molar-refractivity contribution in [1.29, 1.82) is 0 Å². The average molecular weight is 468 g/mol. The smallest absolute Gasteiger partial charge is 0.255 e. The van der Waals surface area contributed by atoms with Gasteiger partial charge in [-0.05, 0) is 66.2 Å². The van der Waals surface area contributed by atoms with Gasteiger partial charge < -0.3 is 10.6 Å². The van der Waals surface area contributed by atoms with Crippen molar-refractivity contribution < 1.29 is 22.4 Å². The molecule has 0 unspecified atom stereocenters. The molecule has 3 aromatic carbocycles. The van der Waals surface area contributed by atoms with Crippen molar-refractivity contribution in [3.8, 4) is 0 Å². The van der Waals surface area contributed by atoms with E-state index in [0.717, 1.165) is 5.56 Å². The zero-order valence-corrected chi connectivity index (χ0v) is 18.4. The summed E-state index contributed by atoms with van der Waals surface area (Å²) in [5.41, 5.74) is 1.89. The highest BCUT2D eigenvalue weighted by atomic mass is 32.2. The van der Waals surface area contributed by atoms with Crippen LogP contribution in [0.25, 0.3) is 0 Å². The van der Waals surface area contributed by atoms with Crippen LogP contribution in [0.15, 0.2) is 90.3 Å². The van der Waals surface area contributed by atoms with Crippen LogP contribution in [0.4, 0.5) is 10.1 Å². The maximum Gasteiger partial charge on any atom is 0.255 e. The molecule has 3 rings (SSSR count). The monoisotopic (exact) mass is 467 g/mol. The molecule has 0 radical (unpaired) electrons. The van der Waals surface area contributed by atoms with Gasteiger partial charge in [-0.1, -0.05) is 18.2 Å². The van der Waals surface area contributed by atoms with Crippen LogP contribution in [-0.2, 0) is 16.6 Å².